The van der Waals surface area contributed by atoms with Crippen LogP contribution in [0.1, 0.15) is 51.4 Å². The second-order valence-corrected chi connectivity index (χ2v) is 8.51. The first-order chi connectivity index (χ1) is 15.9. The molecular weight excluding hydrogens is 427 g/mol. The van der Waals surface area contributed by atoms with Crippen LogP contribution in [-0.4, -0.2) is 74.0 Å². The third-order valence-corrected chi connectivity index (χ3v) is 6.00. The van der Waals surface area contributed by atoms with E-state index in [1.165, 1.54) is 6.07 Å². The van der Waals surface area contributed by atoms with Gasteiger partial charge in [-0.1, -0.05) is 19.3 Å². The predicted molar refractivity (Wildman–Crippen MR) is 127 cm³/mol. The summed E-state index contributed by atoms with van der Waals surface area (Å²) in [5.41, 5.74) is 1.08. The minimum absolute atomic E-state index is 0.139. The van der Waals surface area contributed by atoms with Crippen LogP contribution in [0.3, 0.4) is 0 Å². The third kappa shape index (κ3) is 9.77. The summed E-state index contributed by atoms with van der Waals surface area (Å²) in [5.74, 6) is -1.19. The lowest BCUT2D eigenvalue weighted by Gasteiger charge is -2.36. The number of carboxylic acid groups (broad SMARTS) is 1. The number of carbonyl (C=O) groups is 3. The van der Waals surface area contributed by atoms with Crippen LogP contribution in [-0.2, 0) is 14.4 Å². The molecule has 0 aliphatic carbocycles. The molecule has 2 rings (SSSR count). The van der Waals surface area contributed by atoms with E-state index in [0.29, 0.717) is 17.8 Å². The molecule has 1 unspecified atom stereocenters. The maximum Gasteiger partial charge on any atom is 0.303 e. The largest absolute Gasteiger partial charge is 0.481 e. The lowest BCUT2D eigenvalue weighted by Crippen LogP contribution is -2.46. The van der Waals surface area contributed by atoms with Crippen LogP contribution in [0.5, 0.6) is 0 Å². The molecule has 184 valence electrons. The van der Waals surface area contributed by atoms with Gasteiger partial charge in [0.15, 0.2) is 0 Å². The normalized spacial score (nSPS) is 15.2. The van der Waals surface area contributed by atoms with E-state index in [-0.39, 0.29) is 24.6 Å². The number of hydrogen-bond donors (Lipinski definition) is 3. The Labute approximate surface area is 195 Å². The first kappa shape index (κ1) is 26.6. The number of carboxylic acids is 1. The van der Waals surface area contributed by atoms with Gasteiger partial charge in [-0.2, -0.15) is 0 Å². The van der Waals surface area contributed by atoms with Crippen molar-refractivity contribution in [3.8, 4) is 0 Å². The first-order valence-corrected chi connectivity index (χ1v) is 11.8. The lowest BCUT2D eigenvalue weighted by atomic mass is 10.1. The number of aldehydes is 1. The number of carbonyl (C=O) groups excluding carboxylic acids is 2. The molecule has 1 amide bonds. The number of nitrogens with zero attached hydrogens (tertiary/aromatic N) is 2. The summed E-state index contributed by atoms with van der Waals surface area (Å²) in [5, 5.41) is 14.2. The van der Waals surface area contributed by atoms with Crippen molar-refractivity contribution in [3.05, 3.63) is 24.0 Å². The molecule has 0 aromatic heterocycles. The van der Waals surface area contributed by atoms with Crippen LogP contribution in [0, 0.1) is 5.82 Å². The van der Waals surface area contributed by atoms with Gasteiger partial charge in [-0.3, -0.25) is 14.5 Å². The van der Waals surface area contributed by atoms with Crippen LogP contribution in [0.25, 0.3) is 0 Å². The summed E-state index contributed by atoms with van der Waals surface area (Å²) in [7, 11) is 1.55. The summed E-state index contributed by atoms with van der Waals surface area (Å²) in [6.07, 6.45) is 6.54. The molecular formula is C24H37FN4O4. The summed E-state index contributed by atoms with van der Waals surface area (Å²) >= 11 is 0. The molecule has 9 heteroatoms. The SMILES string of the molecule is CNC(=O)CCC(C=O)Nc1ccc(N2CCN(CCCCCCCC(=O)O)CC2)c(F)c1. The number of anilines is 2. The van der Waals surface area contributed by atoms with Gasteiger partial charge in [0.2, 0.25) is 5.91 Å². The first-order valence-electron chi connectivity index (χ1n) is 11.8. The number of rotatable bonds is 15. The summed E-state index contributed by atoms with van der Waals surface area (Å²) < 4.78 is 14.8. The number of piperazine rings is 1. The fraction of sp³-hybridized carbons (Fsp3) is 0.625. The van der Waals surface area contributed by atoms with Gasteiger partial charge < -0.3 is 25.4 Å². The molecule has 1 saturated heterocycles. The number of amides is 1. The molecule has 1 aromatic rings. The Kier molecular flexibility index (Phi) is 11.6. The summed E-state index contributed by atoms with van der Waals surface area (Å²) in [6, 6.07) is 4.37. The summed E-state index contributed by atoms with van der Waals surface area (Å²) in [6.45, 7) is 4.29. The standard InChI is InChI=1S/C24H37FN4O4/c1-26-23(31)11-9-20(18-30)27-19-8-10-22(21(25)17-19)29-15-13-28(14-16-29)12-6-4-2-3-5-7-24(32)33/h8,10,17-18,20,27H,2-7,9,11-16H2,1H3,(H,26,31)(H,32,33). The van der Waals surface area contributed by atoms with E-state index in [1.54, 1.807) is 19.2 Å². The number of unbranched alkanes of at least 4 members (excludes halogenated alkanes) is 4. The van der Waals surface area contributed by atoms with E-state index in [2.05, 4.69) is 15.5 Å². The maximum atomic E-state index is 14.8. The Balaban J connectivity index is 1.72. The monoisotopic (exact) mass is 464 g/mol. The highest BCUT2D eigenvalue weighted by Gasteiger charge is 2.20. The zero-order chi connectivity index (χ0) is 24.1. The van der Waals surface area contributed by atoms with Crippen LogP contribution in [0.2, 0.25) is 0 Å². The van der Waals surface area contributed by atoms with Gasteiger partial charge in [-0.05, 0) is 44.0 Å². The Morgan fingerprint density at radius 1 is 1.09 bits per heavy atom. The van der Waals surface area contributed by atoms with Crippen LogP contribution >= 0.6 is 0 Å². The molecule has 8 nitrogen and oxygen atoms in total. The smallest absolute Gasteiger partial charge is 0.303 e. The van der Waals surface area contributed by atoms with E-state index < -0.39 is 12.0 Å². The third-order valence-electron chi connectivity index (χ3n) is 6.00. The van der Waals surface area contributed by atoms with Crippen molar-refractivity contribution in [2.75, 3.05) is 50.0 Å². The van der Waals surface area contributed by atoms with Gasteiger partial charge in [0.25, 0.3) is 0 Å². The number of hydrogen-bond acceptors (Lipinski definition) is 6. The number of nitrogens with one attached hydrogen (secondary N) is 2. The Bertz CT molecular complexity index is 769. The molecule has 0 bridgehead atoms. The quantitative estimate of drug-likeness (QED) is 0.271. The van der Waals surface area contributed by atoms with Crippen molar-refractivity contribution in [3.63, 3.8) is 0 Å². The van der Waals surface area contributed by atoms with E-state index in [0.717, 1.165) is 71.1 Å². The predicted octanol–water partition coefficient (Wildman–Crippen LogP) is 2.88. The molecule has 1 heterocycles. The average Bonchev–Trinajstić information content (AvgIpc) is 2.81. The van der Waals surface area contributed by atoms with Gasteiger partial charge in [0.1, 0.15) is 12.1 Å². The molecule has 0 spiro atoms. The Hall–Kier alpha value is -2.68. The molecule has 1 atom stereocenters. The van der Waals surface area contributed by atoms with Crippen molar-refractivity contribution in [2.45, 2.75) is 57.4 Å². The highest BCUT2D eigenvalue weighted by molar-refractivity contribution is 5.76. The van der Waals surface area contributed by atoms with Crippen LogP contribution in [0.15, 0.2) is 18.2 Å². The molecule has 1 aliphatic rings. The van der Waals surface area contributed by atoms with Crippen molar-refractivity contribution >= 4 is 29.5 Å². The molecule has 0 radical (unpaired) electrons. The second kappa shape index (κ2) is 14.5. The Morgan fingerprint density at radius 3 is 2.42 bits per heavy atom. The van der Waals surface area contributed by atoms with Crippen LogP contribution < -0.4 is 15.5 Å². The van der Waals surface area contributed by atoms with Gasteiger partial charge >= 0.3 is 5.97 Å². The number of aliphatic carboxylic acids is 1. The van der Waals surface area contributed by atoms with Crippen molar-refractivity contribution in [2.24, 2.45) is 0 Å². The Morgan fingerprint density at radius 2 is 1.79 bits per heavy atom. The minimum atomic E-state index is -0.724. The van der Waals surface area contributed by atoms with Crippen LogP contribution in [0.4, 0.5) is 15.8 Å². The second-order valence-electron chi connectivity index (χ2n) is 8.51. The zero-order valence-corrected chi connectivity index (χ0v) is 19.5. The molecule has 1 aliphatic heterocycles. The highest BCUT2D eigenvalue weighted by Crippen LogP contribution is 2.25. The number of benzene rings is 1. The fourth-order valence-electron chi connectivity index (χ4n) is 4.01. The topological polar surface area (TPSA) is 102 Å². The molecule has 1 fully saturated rings. The molecule has 1 aromatic carbocycles. The fourth-order valence-corrected chi connectivity index (χ4v) is 4.01. The van der Waals surface area contributed by atoms with Gasteiger partial charge in [0, 0.05) is 51.8 Å². The van der Waals surface area contributed by atoms with Gasteiger partial charge in [-0.25, -0.2) is 4.39 Å². The summed E-state index contributed by atoms with van der Waals surface area (Å²) in [4.78, 5) is 37.6. The van der Waals surface area contributed by atoms with Gasteiger partial charge in [-0.15, -0.1) is 0 Å². The van der Waals surface area contributed by atoms with Crippen molar-refractivity contribution < 1.29 is 23.9 Å². The molecule has 0 saturated carbocycles. The van der Waals surface area contributed by atoms with E-state index in [4.69, 9.17) is 5.11 Å². The number of halogens is 1. The van der Waals surface area contributed by atoms with Gasteiger partial charge in [0.05, 0.1) is 11.7 Å². The molecule has 3 N–H and O–H groups in total. The average molecular weight is 465 g/mol. The lowest BCUT2D eigenvalue weighted by molar-refractivity contribution is -0.137. The molecule has 33 heavy (non-hydrogen) atoms. The van der Waals surface area contributed by atoms with E-state index >= 15 is 0 Å². The zero-order valence-electron chi connectivity index (χ0n) is 19.5. The minimum Gasteiger partial charge on any atom is -0.481 e. The van der Waals surface area contributed by atoms with E-state index in [9.17, 15) is 18.8 Å². The van der Waals surface area contributed by atoms with Crippen molar-refractivity contribution in [1.29, 1.82) is 0 Å². The van der Waals surface area contributed by atoms with E-state index in [1.807, 2.05) is 4.90 Å². The maximum absolute atomic E-state index is 14.8. The highest BCUT2D eigenvalue weighted by atomic mass is 19.1. The van der Waals surface area contributed by atoms with Crippen molar-refractivity contribution in [1.82, 2.24) is 10.2 Å².